The summed E-state index contributed by atoms with van der Waals surface area (Å²) in [5.74, 6) is -4.88. The van der Waals surface area contributed by atoms with Gasteiger partial charge in [0.2, 0.25) is 11.6 Å². The molecule has 2 N–H and O–H groups in total. The average molecular weight is 527 g/mol. The Bertz CT molecular complexity index is 1580. The highest BCUT2D eigenvalue weighted by molar-refractivity contribution is 7.61. The van der Waals surface area contributed by atoms with Crippen molar-refractivity contribution < 1.29 is 19.7 Å². The van der Waals surface area contributed by atoms with E-state index in [2.05, 4.69) is 72.8 Å². The van der Waals surface area contributed by atoms with Crippen LogP contribution in [0.5, 0.6) is 0 Å². The molecule has 4 nitrogen and oxygen atoms in total. The van der Waals surface area contributed by atoms with Crippen LogP contribution in [-0.2, 0) is 21.8 Å². The fourth-order valence-electron chi connectivity index (χ4n) is 6.08. The molecule has 37 heavy (non-hydrogen) atoms. The molecule has 2 unspecified atom stereocenters. The number of aliphatic hydroxyl groups is 2. The van der Waals surface area contributed by atoms with Crippen LogP contribution in [0.3, 0.4) is 0 Å². The standard InChI is InChI=1S/C31H28O4P2/c1-29(2)34-30(32,19-36-25-15-7-3-11-21(25)22-12-4-8-16-26(22)36)31(33,35-29)20-37-27-17-9-5-13-23(27)24-14-6-10-18-28(24)37/h3-18,32-33H,19-20H2,1-2H3. The summed E-state index contributed by atoms with van der Waals surface area (Å²) in [6, 6.07) is 33.5. The summed E-state index contributed by atoms with van der Waals surface area (Å²) in [5.41, 5.74) is 0. The second-order valence-electron chi connectivity index (χ2n) is 10.4. The first-order chi connectivity index (χ1) is 17.8. The minimum atomic E-state index is -1.87. The maximum Gasteiger partial charge on any atom is 0.231 e. The number of ether oxygens (including phenoxy) is 2. The highest BCUT2D eigenvalue weighted by atomic mass is 31.1. The Labute approximate surface area is 217 Å². The highest BCUT2D eigenvalue weighted by Crippen LogP contribution is 2.59. The van der Waals surface area contributed by atoms with Crippen molar-refractivity contribution in [1.82, 2.24) is 0 Å². The minimum Gasteiger partial charge on any atom is -0.361 e. The molecule has 0 aliphatic carbocycles. The van der Waals surface area contributed by atoms with Gasteiger partial charge in [0.25, 0.3) is 0 Å². The van der Waals surface area contributed by atoms with Gasteiger partial charge >= 0.3 is 0 Å². The fraction of sp³-hybridized carbons (Fsp3) is 0.226. The summed E-state index contributed by atoms with van der Waals surface area (Å²) in [6.07, 6.45) is 0.505. The molecule has 3 heterocycles. The summed E-state index contributed by atoms with van der Waals surface area (Å²) in [5, 5.41) is 34.1. The number of benzene rings is 4. The number of hydrogen-bond acceptors (Lipinski definition) is 4. The molecule has 1 saturated heterocycles. The van der Waals surface area contributed by atoms with Crippen LogP contribution in [0.1, 0.15) is 13.8 Å². The van der Waals surface area contributed by atoms with E-state index in [0.717, 1.165) is 0 Å². The fourth-order valence-corrected chi connectivity index (χ4v) is 11.8. The molecule has 6 aromatic rings. The monoisotopic (exact) mass is 526 g/mol. The van der Waals surface area contributed by atoms with Gasteiger partial charge in [0.15, 0.2) is 5.79 Å². The number of rotatable bonds is 4. The molecule has 6 heteroatoms. The Morgan fingerprint density at radius 3 is 1.08 bits per heavy atom. The molecule has 0 bridgehead atoms. The second kappa shape index (κ2) is 8.16. The number of fused-ring (bicyclic) bond motifs is 6. The molecule has 0 radical (unpaired) electrons. The third-order valence-electron chi connectivity index (χ3n) is 7.54. The van der Waals surface area contributed by atoms with Crippen LogP contribution < -0.4 is 0 Å². The maximum absolute atomic E-state index is 12.2. The Morgan fingerprint density at radius 1 is 0.514 bits per heavy atom. The molecule has 2 atom stereocenters. The lowest BCUT2D eigenvalue weighted by Gasteiger charge is -2.34. The summed E-state index contributed by atoms with van der Waals surface area (Å²) < 4.78 is 12.5. The van der Waals surface area contributed by atoms with Gasteiger partial charge in [0, 0.05) is 32.8 Å². The Hall–Kier alpha value is -2.68. The van der Waals surface area contributed by atoms with Crippen molar-refractivity contribution in [1.29, 1.82) is 0 Å². The smallest absolute Gasteiger partial charge is 0.231 e. The van der Waals surface area contributed by atoms with Gasteiger partial charge < -0.3 is 19.7 Å². The van der Waals surface area contributed by atoms with Gasteiger partial charge in [0.1, 0.15) is 0 Å². The van der Waals surface area contributed by atoms with Crippen molar-refractivity contribution >= 4 is 57.1 Å². The van der Waals surface area contributed by atoms with Gasteiger partial charge in [-0.15, -0.1) is 15.1 Å². The van der Waals surface area contributed by atoms with E-state index in [9.17, 15) is 10.2 Å². The zero-order valence-corrected chi connectivity index (χ0v) is 22.5. The van der Waals surface area contributed by atoms with E-state index in [1.54, 1.807) is 13.8 Å². The van der Waals surface area contributed by atoms with E-state index in [1.807, 2.05) is 24.3 Å². The number of hydrogen-bond donors (Lipinski definition) is 2. The van der Waals surface area contributed by atoms with E-state index in [0.29, 0.717) is 0 Å². The predicted molar refractivity (Wildman–Crippen MR) is 154 cm³/mol. The SMILES string of the molecule is CC1(C)OC(O)(Cp2c3ccccc3c3ccccc32)C(O)(Cp2c3ccccc3c3ccccc32)O1. The van der Waals surface area contributed by atoms with Gasteiger partial charge in [-0.1, -0.05) is 97.1 Å². The van der Waals surface area contributed by atoms with Crippen LogP contribution in [0.25, 0.3) is 42.0 Å². The lowest BCUT2D eigenvalue weighted by Crippen LogP contribution is -2.53. The molecule has 0 amide bonds. The summed E-state index contributed by atoms with van der Waals surface area (Å²) in [6.45, 7) is 3.53. The molecule has 186 valence electrons. The zero-order valence-electron chi connectivity index (χ0n) is 20.8. The van der Waals surface area contributed by atoms with Crippen molar-refractivity contribution in [3.05, 3.63) is 97.1 Å². The third-order valence-corrected chi connectivity index (χ3v) is 12.9. The van der Waals surface area contributed by atoms with Gasteiger partial charge in [-0.3, -0.25) is 0 Å². The van der Waals surface area contributed by atoms with Crippen LogP contribution in [0.15, 0.2) is 97.1 Å². The maximum atomic E-state index is 12.2. The molecule has 1 fully saturated rings. The molecular weight excluding hydrogens is 498 g/mol. The first kappa shape index (κ1) is 23.4. The third kappa shape index (κ3) is 3.52. The van der Waals surface area contributed by atoms with Crippen molar-refractivity contribution in [2.75, 3.05) is 0 Å². The quantitative estimate of drug-likeness (QED) is 0.244. The minimum absolute atomic E-state index is 0.253. The summed E-state index contributed by atoms with van der Waals surface area (Å²) in [4.78, 5) is 0. The molecule has 0 saturated carbocycles. The van der Waals surface area contributed by atoms with Crippen molar-refractivity contribution in [3.63, 3.8) is 0 Å². The molecule has 1 aliphatic rings. The lowest BCUT2D eigenvalue weighted by molar-refractivity contribution is -0.282. The van der Waals surface area contributed by atoms with Gasteiger partial charge in [-0.05, 0) is 35.4 Å². The van der Waals surface area contributed by atoms with E-state index in [1.165, 1.54) is 42.0 Å². The average Bonchev–Trinajstić information content (AvgIpc) is 3.43. The van der Waals surface area contributed by atoms with Crippen LogP contribution in [-0.4, -0.2) is 27.6 Å². The first-order valence-electron chi connectivity index (χ1n) is 12.6. The van der Waals surface area contributed by atoms with Gasteiger partial charge in [-0.25, -0.2) is 0 Å². The van der Waals surface area contributed by atoms with Crippen LogP contribution in [0, 0.1) is 0 Å². The molecule has 1 aliphatic heterocycles. The van der Waals surface area contributed by atoms with Gasteiger partial charge in [-0.2, -0.15) is 0 Å². The van der Waals surface area contributed by atoms with Crippen LogP contribution >= 0.6 is 15.1 Å². The second-order valence-corrected chi connectivity index (χ2v) is 14.7. The Kier molecular flexibility index (Phi) is 5.17. The largest absolute Gasteiger partial charge is 0.361 e. The van der Waals surface area contributed by atoms with E-state index < -0.39 is 32.4 Å². The lowest BCUT2D eigenvalue weighted by atomic mass is 10.1. The Morgan fingerprint density at radius 2 is 0.784 bits per heavy atom. The molecular formula is C31H28O4P2. The van der Waals surface area contributed by atoms with Crippen molar-refractivity contribution in [3.8, 4) is 0 Å². The van der Waals surface area contributed by atoms with Crippen LogP contribution in [0.2, 0.25) is 0 Å². The van der Waals surface area contributed by atoms with Crippen molar-refractivity contribution in [2.24, 2.45) is 0 Å². The van der Waals surface area contributed by atoms with Gasteiger partial charge in [0.05, 0.1) is 0 Å². The Balaban J connectivity index is 1.40. The first-order valence-corrected chi connectivity index (χ1v) is 15.6. The predicted octanol–water partition coefficient (Wildman–Crippen LogP) is 8.13. The van der Waals surface area contributed by atoms with Crippen molar-refractivity contribution in [2.45, 2.75) is 43.5 Å². The zero-order chi connectivity index (χ0) is 25.4. The van der Waals surface area contributed by atoms with E-state index in [-0.39, 0.29) is 12.3 Å². The van der Waals surface area contributed by atoms with Crippen LogP contribution in [0.4, 0.5) is 0 Å². The van der Waals surface area contributed by atoms with E-state index >= 15 is 0 Å². The normalized spacial score (nSPS) is 23.6. The molecule has 4 aromatic carbocycles. The molecule has 0 spiro atoms. The van der Waals surface area contributed by atoms with E-state index in [4.69, 9.17) is 9.47 Å². The molecule has 2 aromatic heterocycles. The topological polar surface area (TPSA) is 58.9 Å². The molecule has 7 rings (SSSR count). The summed E-state index contributed by atoms with van der Waals surface area (Å²) >= 11 is 0. The summed E-state index contributed by atoms with van der Waals surface area (Å²) in [7, 11) is -1.93. The highest BCUT2D eigenvalue weighted by Gasteiger charge is 2.63.